The molecule has 3 N–H and O–H groups in total. The van der Waals surface area contributed by atoms with Gasteiger partial charge in [-0.25, -0.2) is 4.98 Å². The number of ether oxygens (including phenoxy) is 3. The third-order valence-electron chi connectivity index (χ3n) is 3.24. The lowest BCUT2D eigenvalue weighted by Gasteiger charge is -2.08. The van der Waals surface area contributed by atoms with E-state index in [1.807, 2.05) is 0 Å². The van der Waals surface area contributed by atoms with Gasteiger partial charge < -0.3 is 25.3 Å². The zero-order valence-corrected chi connectivity index (χ0v) is 14.2. The fourth-order valence-corrected chi connectivity index (χ4v) is 1.99. The van der Waals surface area contributed by atoms with Crippen LogP contribution in [0.5, 0.6) is 11.6 Å². The molecule has 0 aliphatic heterocycles. The number of methoxy groups -OCH3 is 1. The van der Waals surface area contributed by atoms with Crippen LogP contribution >= 0.6 is 0 Å². The van der Waals surface area contributed by atoms with Crippen molar-refractivity contribution in [1.82, 2.24) is 4.98 Å². The molecule has 0 atom stereocenters. The second kappa shape index (κ2) is 10.3. The summed E-state index contributed by atoms with van der Waals surface area (Å²) in [7, 11) is 1.65. The largest absolute Gasteiger partial charge is 0.492 e. The molecule has 0 aliphatic carbocycles. The number of hydrogen-bond donors (Lipinski definition) is 2. The van der Waals surface area contributed by atoms with Crippen LogP contribution in [0.2, 0.25) is 0 Å². The van der Waals surface area contributed by atoms with Crippen LogP contribution in [0.4, 0.5) is 5.69 Å². The van der Waals surface area contributed by atoms with Crippen LogP contribution in [0.15, 0.2) is 42.6 Å². The third-order valence-corrected chi connectivity index (χ3v) is 3.24. The van der Waals surface area contributed by atoms with Crippen molar-refractivity contribution in [1.29, 1.82) is 0 Å². The molecular weight excluding hydrogens is 322 g/mol. The van der Waals surface area contributed by atoms with Crippen molar-refractivity contribution in [2.24, 2.45) is 5.73 Å². The Balaban J connectivity index is 1.85. The number of pyridine rings is 1. The van der Waals surface area contributed by atoms with E-state index in [0.29, 0.717) is 49.2 Å². The highest BCUT2D eigenvalue weighted by Crippen LogP contribution is 2.17. The summed E-state index contributed by atoms with van der Waals surface area (Å²) in [5, 5.41) is 2.80. The van der Waals surface area contributed by atoms with Gasteiger partial charge in [0.2, 0.25) is 5.88 Å². The van der Waals surface area contributed by atoms with Crippen molar-refractivity contribution >= 4 is 11.6 Å². The Kier molecular flexibility index (Phi) is 7.68. The van der Waals surface area contributed by atoms with Crippen LogP contribution in [0.25, 0.3) is 0 Å². The summed E-state index contributed by atoms with van der Waals surface area (Å²) >= 11 is 0. The van der Waals surface area contributed by atoms with Crippen LogP contribution in [0.1, 0.15) is 16.8 Å². The van der Waals surface area contributed by atoms with E-state index in [-0.39, 0.29) is 5.91 Å². The molecule has 1 aromatic heterocycles. The van der Waals surface area contributed by atoms with Crippen molar-refractivity contribution in [3.05, 3.63) is 48.2 Å². The molecule has 2 rings (SSSR count). The van der Waals surface area contributed by atoms with Crippen molar-refractivity contribution in [3.8, 4) is 11.6 Å². The van der Waals surface area contributed by atoms with Crippen LogP contribution in [0, 0.1) is 0 Å². The van der Waals surface area contributed by atoms with Gasteiger partial charge >= 0.3 is 0 Å². The first kappa shape index (κ1) is 18.7. The summed E-state index contributed by atoms with van der Waals surface area (Å²) < 4.78 is 15.8. The number of amides is 1. The van der Waals surface area contributed by atoms with Crippen LogP contribution in [-0.2, 0) is 4.74 Å². The number of anilines is 1. The first-order valence-corrected chi connectivity index (χ1v) is 8.05. The molecule has 1 heterocycles. The normalized spacial score (nSPS) is 10.3. The SMILES string of the molecule is COCCCOc1ccc(C(=O)Nc2ccc(OCCN)cc2)cn1. The molecule has 0 radical (unpaired) electrons. The second-order valence-corrected chi connectivity index (χ2v) is 5.20. The van der Waals surface area contributed by atoms with Crippen molar-refractivity contribution in [2.75, 3.05) is 38.8 Å². The average molecular weight is 345 g/mol. The first-order valence-electron chi connectivity index (χ1n) is 8.05. The fraction of sp³-hybridized carbons (Fsp3) is 0.333. The monoisotopic (exact) mass is 345 g/mol. The van der Waals surface area contributed by atoms with Gasteiger partial charge in [0.15, 0.2) is 0 Å². The molecular formula is C18H23N3O4. The Morgan fingerprint density at radius 3 is 2.52 bits per heavy atom. The van der Waals surface area contributed by atoms with Gasteiger partial charge in [0.25, 0.3) is 5.91 Å². The zero-order valence-electron chi connectivity index (χ0n) is 14.2. The van der Waals surface area contributed by atoms with Gasteiger partial charge in [-0.2, -0.15) is 0 Å². The first-order chi connectivity index (χ1) is 12.2. The molecule has 2 aromatic rings. The highest BCUT2D eigenvalue weighted by atomic mass is 16.5. The van der Waals surface area contributed by atoms with E-state index in [2.05, 4.69) is 10.3 Å². The van der Waals surface area contributed by atoms with Gasteiger partial charge in [0, 0.05) is 44.6 Å². The predicted octanol–water partition coefficient (Wildman–Crippen LogP) is 2.09. The molecule has 7 heteroatoms. The van der Waals surface area contributed by atoms with Crippen LogP contribution in [0.3, 0.4) is 0 Å². The van der Waals surface area contributed by atoms with Gasteiger partial charge in [-0.15, -0.1) is 0 Å². The molecule has 0 saturated carbocycles. The summed E-state index contributed by atoms with van der Waals surface area (Å²) in [4.78, 5) is 16.4. The van der Waals surface area contributed by atoms with E-state index in [1.54, 1.807) is 43.5 Å². The number of rotatable bonds is 10. The number of aromatic nitrogens is 1. The molecule has 0 unspecified atom stereocenters. The summed E-state index contributed by atoms with van der Waals surface area (Å²) in [6.45, 7) is 2.07. The predicted molar refractivity (Wildman–Crippen MR) is 95.2 cm³/mol. The quantitative estimate of drug-likeness (QED) is 0.640. The Labute approximate surface area is 147 Å². The summed E-state index contributed by atoms with van der Waals surface area (Å²) in [5.41, 5.74) is 6.51. The molecule has 7 nitrogen and oxygen atoms in total. The molecule has 25 heavy (non-hydrogen) atoms. The number of carbonyl (C=O) groups is 1. The topological polar surface area (TPSA) is 95.7 Å². The smallest absolute Gasteiger partial charge is 0.257 e. The number of carbonyl (C=O) groups excluding carboxylic acids is 1. The highest BCUT2D eigenvalue weighted by molar-refractivity contribution is 6.04. The minimum Gasteiger partial charge on any atom is -0.492 e. The average Bonchev–Trinajstić information content (AvgIpc) is 2.65. The molecule has 0 saturated heterocycles. The minimum atomic E-state index is -0.242. The minimum absolute atomic E-state index is 0.242. The van der Waals surface area contributed by atoms with E-state index in [9.17, 15) is 4.79 Å². The molecule has 1 amide bonds. The Bertz CT molecular complexity index is 644. The van der Waals surface area contributed by atoms with Crippen molar-refractivity contribution in [3.63, 3.8) is 0 Å². The van der Waals surface area contributed by atoms with E-state index in [0.717, 1.165) is 6.42 Å². The maximum Gasteiger partial charge on any atom is 0.257 e. The Morgan fingerprint density at radius 1 is 1.08 bits per heavy atom. The molecule has 134 valence electrons. The van der Waals surface area contributed by atoms with E-state index in [4.69, 9.17) is 19.9 Å². The van der Waals surface area contributed by atoms with E-state index < -0.39 is 0 Å². The van der Waals surface area contributed by atoms with Gasteiger partial charge in [0.1, 0.15) is 12.4 Å². The number of nitrogens with two attached hydrogens (primary N) is 1. The van der Waals surface area contributed by atoms with Crippen molar-refractivity contribution < 1.29 is 19.0 Å². The van der Waals surface area contributed by atoms with Gasteiger partial charge in [-0.05, 0) is 30.3 Å². The highest BCUT2D eigenvalue weighted by Gasteiger charge is 2.07. The summed E-state index contributed by atoms with van der Waals surface area (Å²) in [6, 6.07) is 10.4. The van der Waals surface area contributed by atoms with Gasteiger partial charge in [-0.3, -0.25) is 4.79 Å². The molecule has 0 aliphatic rings. The number of hydrogen-bond acceptors (Lipinski definition) is 6. The van der Waals surface area contributed by atoms with Crippen molar-refractivity contribution in [2.45, 2.75) is 6.42 Å². The van der Waals surface area contributed by atoms with Gasteiger partial charge in [0.05, 0.1) is 12.2 Å². The Hall–Kier alpha value is -2.64. The summed E-state index contributed by atoms with van der Waals surface area (Å²) in [5.74, 6) is 0.947. The van der Waals surface area contributed by atoms with Crippen LogP contribution in [-0.4, -0.2) is 44.4 Å². The van der Waals surface area contributed by atoms with Gasteiger partial charge in [-0.1, -0.05) is 0 Å². The molecule has 0 bridgehead atoms. The second-order valence-electron chi connectivity index (χ2n) is 5.20. The maximum absolute atomic E-state index is 12.2. The Morgan fingerprint density at radius 2 is 1.88 bits per heavy atom. The standard InChI is InChI=1S/C18H23N3O4/c1-23-10-2-11-25-17-8-3-14(13-20-17)18(22)21-15-4-6-16(7-5-15)24-12-9-19/h3-8,13H,2,9-12,19H2,1H3,(H,21,22). The zero-order chi connectivity index (χ0) is 17.9. The van der Waals surface area contributed by atoms with E-state index in [1.165, 1.54) is 6.20 Å². The lowest BCUT2D eigenvalue weighted by molar-refractivity contribution is 0.102. The van der Waals surface area contributed by atoms with Crippen LogP contribution < -0.4 is 20.5 Å². The summed E-state index contributed by atoms with van der Waals surface area (Å²) in [6.07, 6.45) is 2.27. The lowest BCUT2D eigenvalue weighted by Crippen LogP contribution is -2.13. The van der Waals surface area contributed by atoms with E-state index >= 15 is 0 Å². The maximum atomic E-state index is 12.2. The number of nitrogens with one attached hydrogen (secondary N) is 1. The number of nitrogens with zero attached hydrogens (tertiary/aromatic N) is 1. The lowest BCUT2D eigenvalue weighted by atomic mass is 10.2. The number of benzene rings is 1. The molecule has 0 fully saturated rings. The fourth-order valence-electron chi connectivity index (χ4n) is 1.99. The third kappa shape index (κ3) is 6.40. The molecule has 0 spiro atoms. The molecule has 1 aromatic carbocycles.